The van der Waals surface area contributed by atoms with Crippen LogP contribution in [-0.4, -0.2) is 5.11 Å². The molecular formula is C5H2O5. The van der Waals surface area contributed by atoms with E-state index in [0.717, 1.165) is 6.26 Å². The van der Waals surface area contributed by atoms with E-state index in [9.17, 15) is 4.79 Å². The Labute approximate surface area is 53.5 Å². The molecule has 5 heteroatoms. The van der Waals surface area contributed by atoms with E-state index in [4.69, 9.17) is 5.11 Å². The van der Waals surface area contributed by atoms with Gasteiger partial charge in [-0.25, -0.2) is 4.79 Å². The third-order valence-corrected chi connectivity index (χ3v) is 1.07. The van der Waals surface area contributed by atoms with Gasteiger partial charge < -0.3 is 18.4 Å². The van der Waals surface area contributed by atoms with Crippen LogP contribution in [-0.2, 0) is 0 Å². The molecule has 2 aromatic rings. The van der Waals surface area contributed by atoms with E-state index < -0.39 is 11.8 Å². The van der Waals surface area contributed by atoms with Crippen LogP contribution in [0.3, 0.4) is 0 Å². The van der Waals surface area contributed by atoms with Crippen LogP contribution in [0.2, 0.25) is 0 Å². The van der Waals surface area contributed by atoms with Crippen molar-refractivity contribution in [3.63, 3.8) is 0 Å². The molecule has 0 aromatic carbocycles. The predicted molar refractivity (Wildman–Crippen MR) is 28.7 cm³/mol. The standard InChI is InChI=1S/C5H2O5/c6-4-3-2(1-8-4)9-5(7)10-3/h1,6H. The van der Waals surface area contributed by atoms with Gasteiger partial charge >= 0.3 is 11.8 Å². The average Bonchev–Trinajstić information content (AvgIpc) is 2.35. The quantitative estimate of drug-likeness (QED) is 0.585. The van der Waals surface area contributed by atoms with Crippen LogP contribution in [0.25, 0.3) is 11.2 Å². The van der Waals surface area contributed by atoms with Crippen molar-refractivity contribution in [3.05, 3.63) is 16.9 Å². The molecule has 0 atom stereocenters. The Morgan fingerprint density at radius 2 is 2.20 bits per heavy atom. The molecule has 0 bridgehead atoms. The first-order chi connectivity index (χ1) is 4.77. The van der Waals surface area contributed by atoms with Crippen molar-refractivity contribution in [2.24, 2.45) is 0 Å². The lowest BCUT2D eigenvalue weighted by molar-refractivity contribution is 0.316. The molecule has 0 aliphatic heterocycles. The maximum Gasteiger partial charge on any atom is 0.520 e. The van der Waals surface area contributed by atoms with Crippen molar-refractivity contribution < 1.29 is 18.4 Å². The lowest BCUT2D eigenvalue weighted by atomic mass is 10.6. The fraction of sp³-hybridized carbons (Fsp3) is 0. The zero-order chi connectivity index (χ0) is 7.14. The van der Waals surface area contributed by atoms with Crippen molar-refractivity contribution in [2.75, 3.05) is 0 Å². The van der Waals surface area contributed by atoms with Gasteiger partial charge in [-0.1, -0.05) is 0 Å². The maximum atomic E-state index is 10.3. The largest absolute Gasteiger partial charge is 0.520 e. The molecule has 0 aliphatic rings. The fourth-order valence-corrected chi connectivity index (χ4v) is 0.680. The van der Waals surface area contributed by atoms with Gasteiger partial charge in [-0.15, -0.1) is 0 Å². The molecule has 0 amide bonds. The molecule has 5 nitrogen and oxygen atoms in total. The molecule has 2 aromatic heterocycles. The molecule has 2 heterocycles. The van der Waals surface area contributed by atoms with Crippen LogP contribution in [0.4, 0.5) is 0 Å². The van der Waals surface area contributed by atoms with E-state index in [0.29, 0.717) is 0 Å². The molecule has 0 radical (unpaired) electrons. The SMILES string of the molecule is O=c1oc2coc(O)c2o1. The van der Waals surface area contributed by atoms with E-state index in [1.54, 1.807) is 0 Å². The second-order valence-corrected chi connectivity index (χ2v) is 1.69. The highest BCUT2D eigenvalue weighted by molar-refractivity contribution is 5.73. The predicted octanol–water partition coefficient (Wildman–Crippen LogP) is 0.685. The second kappa shape index (κ2) is 1.44. The van der Waals surface area contributed by atoms with Gasteiger partial charge in [-0.2, -0.15) is 0 Å². The zero-order valence-corrected chi connectivity index (χ0v) is 4.66. The van der Waals surface area contributed by atoms with Gasteiger partial charge in [0.25, 0.3) is 5.58 Å². The highest BCUT2D eigenvalue weighted by Gasteiger charge is 2.11. The summed E-state index contributed by atoms with van der Waals surface area (Å²) in [6, 6.07) is 0. The molecule has 0 fully saturated rings. The maximum absolute atomic E-state index is 10.3. The highest BCUT2D eigenvalue weighted by Crippen LogP contribution is 2.24. The monoisotopic (exact) mass is 142 g/mol. The normalized spacial score (nSPS) is 10.8. The van der Waals surface area contributed by atoms with Gasteiger partial charge in [0.05, 0.1) is 0 Å². The molecule has 10 heavy (non-hydrogen) atoms. The lowest BCUT2D eigenvalue weighted by Crippen LogP contribution is -1.84. The Hall–Kier alpha value is -1.65. The van der Waals surface area contributed by atoms with Crippen LogP contribution in [0.5, 0.6) is 5.95 Å². The Bertz CT molecular complexity index is 403. The van der Waals surface area contributed by atoms with Crippen molar-refractivity contribution >= 4 is 11.2 Å². The lowest BCUT2D eigenvalue weighted by Gasteiger charge is -1.73. The summed E-state index contributed by atoms with van der Waals surface area (Å²) in [7, 11) is 0. The van der Waals surface area contributed by atoms with E-state index >= 15 is 0 Å². The van der Waals surface area contributed by atoms with Gasteiger partial charge in [0, 0.05) is 0 Å². The molecule has 0 saturated carbocycles. The number of hydrogen-bond acceptors (Lipinski definition) is 5. The summed E-state index contributed by atoms with van der Waals surface area (Å²) in [5, 5.41) is 8.77. The van der Waals surface area contributed by atoms with Gasteiger partial charge in [0.1, 0.15) is 6.26 Å². The van der Waals surface area contributed by atoms with Crippen LogP contribution in [0, 0.1) is 0 Å². The third-order valence-electron chi connectivity index (χ3n) is 1.07. The molecule has 0 unspecified atom stereocenters. The second-order valence-electron chi connectivity index (χ2n) is 1.69. The number of rotatable bonds is 0. The molecule has 0 saturated heterocycles. The smallest absolute Gasteiger partial charge is 0.478 e. The number of fused-ring (bicyclic) bond motifs is 1. The first kappa shape index (κ1) is 5.16. The topological polar surface area (TPSA) is 76.7 Å². The van der Waals surface area contributed by atoms with Crippen molar-refractivity contribution in [1.82, 2.24) is 0 Å². The minimum atomic E-state index is -0.851. The summed E-state index contributed by atoms with van der Waals surface area (Å²) in [5.41, 5.74) is 0.0625. The van der Waals surface area contributed by atoms with Crippen LogP contribution < -0.4 is 5.82 Å². The van der Waals surface area contributed by atoms with Gasteiger partial charge in [0.2, 0.25) is 5.58 Å². The van der Waals surface area contributed by atoms with Gasteiger partial charge in [-0.3, -0.25) is 0 Å². The van der Waals surface area contributed by atoms with Gasteiger partial charge in [0.15, 0.2) is 0 Å². The number of aromatic hydroxyl groups is 1. The van der Waals surface area contributed by atoms with Crippen LogP contribution >= 0.6 is 0 Å². The molecule has 2 rings (SSSR count). The molecular weight excluding hydrogens is 140 g/mol. The number of hydrogen-bond donors (Lipinski definition) is 1. The summed E-state index contributed by atoms with van der Waals surface area (Å²) in [6.07, 6.45) is 1.09. The van der Waals surface area contributed by atoms with Gasteiger partial charge in [-0.05, 0) is 0 Å². The first-order valence-electron chi connectivity index (χ1n) is 2.47. The summed E-state index contributed by atoms with van der Waals surface area (Å²) >= 11 is 0. The van der Waals surface area contributed by atoms with E-state index in [1.807, 2.05) is 0 Å². The molecule has 52 valence electrons. The van der Waals surface area contributed by atoms with Crippen LogP contribution in [0.15, 0.2) is 24.3 Å². The fourth-order valence-electron chi connectivity index (χ4n) is 0.680. The van der Waals surface area contributed by atoms with Crippen molar-refractivity contribution in [3.8, 4) is 5.95 Å². The Morgan fingerprint density at radius 3 is 2.90 bits per heavy atom. The first-order valence-corrected chi connectivity index (χ1v) is 2.47. The Balaban J connectivity index is 3.03. The van der Waals surface area contributed by atoms with E-state index in [-0.39, 0.29) is 11.2 Å². The Morgan fingerprint density at radius 1 is 1.40 bits per heavy atom. The molecule has 0 aliphatic carbocycles. The van der Waals surface area contributed by atoms with Crippen LogP contribution in [0.1, 0.15) is 0 Å². The molecule has 1 N–H and O–H groups in total. The Kier molecular flexibility index (Phi) is 0.743. The van der Waals surface area contributed by atoms with E-state index in [2.05, 4.69) is 13.3 Å². The zero-order valence-electron chi connectivity index (χ0n) is 4.66. The number of furan rings is 1. The summed E-state index contributed by atoms with van der Waals surface area (Å²) in [4.78, 5) is 10.3. The summed E-state index contributed by atoms with van der Waals surface area (Å²) in [5.74, 6) is -1.29. The molecule has 0 spiro atoms. The minimum absolute atomic E-state index is 0.0509. The highest BCUT2D eigenvalue weighted by atomic mass is 16.6. The minimum Gasteiger partial charge on any atom is -0.478 e. The van der Waals surface area contributed by atoms with E-state index in [1.165, 1.54) is 0 Å². The average molecular weight is 142 g/mol. The van der Waals surface area contributed by atoms with Crippen molar-refractivity contribution in [2.45, 2.75) is 0 Å². The van der Waals surface area contributed by atoms with Crippen molar-refractivity contribution in [1.29, 1.82) is 0 Å². The summed E-state index contributed by atoms with van der Waals surface area (Å²) in [6.45, 7) is 0. The summed E-state index contributed by atoms with van der Waals surface area (Å²) < 4.78 is 13.2. The third kappa shape index (κ3) is 0.485.